The molecule has 0 saturated carbocycles. The molecule has 1 unspecified atom stereocenters. The maximum Gasteiger partial charge on any atom is 0.147 e. The lowest BCUT2D eigenvalue weighted by molar-refractivity contribution is 0.0288. The molecule has 1 aliphatic carbocycles. The van der Waals surface area contributed by atoms with Crippen molar-refractivity contribution >= 4 is 16.9 Å². The number of terminal acetylenes is 1. The van der Waals surface area contributed by atoms with Crippen LogP contribution in [0.2, 0.25) is 0 Å². The van der Waals surface area contributed by atoms with Gasteiger partial charge >= 0.3 is 0 Å². The van der Waals surface area contributed by atoms with E-state index in [2.05, 4.69) is 15.9 Å². The average Bonchev–Trinajstić information content (AvgIpc) is 2.99. The molecule has 0 radical (unpaired) electrons. The maximum absolute atomic E-state index is 10.2. The highest BCUT2D eigenvalue weighted by Gasteiger charge is 2.36. The van der Waals surface area contributed by atoms with Crippen molar-refractivity contribution in [2.24, 2.45) is 0 Å². The molecule has 3 atom stereocenters. The number of aliphatic hydroxyl groups is 3. The molecule has 1 aliphatic rings. The van der Waals surface area contributed by atoms with Crippen LogP contribution in [0.1, 0.15) is 11.6 Å². The van der Waals surface area contributed by atoms with E-state index < -0.39 is 18.2 Å². The minimum absolute atomic E-state index is 0.256. The Morgan fingerprint density at radius 1 is 1.38 bits per heavy atom. The number of nitrogens with two attached hydrogens (primary N) is 1. The number of fused-ring (bicyclic) bond motifs is 1. The van der Waals surface area contributed by atoms with Crippen molar-refractivity contribution < 1.29 is 15.3 Å². The number of aromatic nitrogens is 3. The fraction of sp³-hybridized carbons (Fsp3) is 0.286. The van der Waals surface area contributed by atoms with Gasteiger partial charge in [-0.2, -0.15) is 0 Å². The van der Waals surface area contributed by atoms with Gasteiger partial charge in [-0.1, -0.05) is 12.0 Å². The smallest absolute Gasteiger partial charge is 0.147 e. The van der Waals surface area contributed by atoms with Crippen LogP contribution in [0.5, 0.6) is 0 Å². The highest BCUT2D eigenvalue weighted by atomic mass is 16.3. The van der Waals surface area contributed by atoms with Crippen LogP contribution in [-0.2, 0) is 0 Å². The zero-order valence-electron chi connectivity index (χ0n) is 11.0. The minimum Gasteiger partial charge on any atom is -0.392 e. The number of aliphatic hydroxyl groups excluding tert-OH is 3. The van der Waals surface area contributed by atoms with Gasteiger partial charge in [0.05, 0.1) is 23.6 Å². The second-order valence-corrected chi connectivity index (χ2v) is 4.88. The first kappa shape index (κ1) is 13.6. The Morgan fingerprint density at radius 3 is 2.76 bits per heavy atom. The zero-order chi connectivity index (χ0) is 15.1. The van der Waals surface area contributed by atoms with Gasteiger partial charge in [0.25, 0.3) is 0 Å². The summed E-state index contributed by atoms with van der Waals surface area (Å²) in [4.78, 5) is 8.07. The monoisotopic (exact) mass is 286 g/mol. The van der Waals surface area contributed by atoms with Crippen molar-refractivity contribution in [2.45, 2.75) is 18.2 Å². The van der Waals surface area contributed by atoms with Crippen LogP contribution in [0.3, 0.4) is 0 Å². The average molecular weight is 286 g/mol. The fourth-order valence-corrected chi connectivity index (χ4v) is 2.66. The Balaban J connectivity index is 2.21. The molecule has 0 saturated heterocycles. The van der Waals surface area contributed by atoms with Gasteiger partial charge in [0.2, 0.25) is 0 Å². The van der Waals surface area contributed by atoms with Gasteiger partial charge in [0.15, 0.2) is 0 Å². The molecule has 21 heavy (non-hydrogen) atoms. The highest BCUT2D eigenvalue weighted by Crippen LogP contribution is 2.34. The van der Waals surface area contributed by atoms with Crippen molar-refractivity contribution in [1.29, 1.82) is 0 Å². The lowest BCUT2D eigenvalue weighted by atomic mass is 10.1. The van der Waals surface area contributed by atoms with Crippen LogP contribution in [-0.4, -0.2) is 48.7 Å². The van der Waals surface area contributed by atoms with Crippen molar-refractivity contribution in [2.75, 3.05) is 12.3 Å². The Kier molecular flexibility index (Phi) is 3.14. The van der Waals surface area contributed by atoms with E-state index in [1.165, 1.54) is 6.33 Å². The third kappa shape index (κ3) is 1.89. The minimum atomic E-state index is -1.12. The molecule has 108 valence electrons. The van der Waals surface area contributed by atoms with E-state index in [1.807, 2.05) is 0 Å². The first-order valence-electron chi connectivity index (χ1n) is 6.33. The third-order valence-corrected chi connectivity index (χ3v) is 3.74. The summed E-state index contributed by atoms with van der Waals surface area (Å²) >= 11 is 0. The lowest BCUT2D eigenvalue weighted by Crippen LogP contribution is -2.30. The van der Waals surface area contributed by atoms with Crippen molar-refractivity contribution in [3.8, 4) is 12.3 Å². The highest BCUT2D eigenvalue weighted by molar-refractivity contribution is 5.92. The summed E-state index contributed by atoms with van der Waals surface area (Å²) in [5.74, 6) is 2.77. The molecule has 5 N–H and O–H groups in total. The van der Waals surface area contributed by atoms with Crippen molar-refractivity contribution in [1.82, 2.24) is 14.5 Å². The predicted octanol–water partition coefficient (Wildman–Crippen LogP) is -0.810. The number of nitrogen functional groups attached to an aromatic ring is 1. The lowest BCUT2D eigenvalue weighted by Gasteiger charge is -2.19. The number of anilines is 1. The van der Waals surface area contributed by atoms with Crippen LogP contribution in [0.4, 0.5) is 5.82 Å². The van der Waals surface area contributed by atoms with Gasteiger partial charge in [-0.3, -0.25) is 0 Å². The standard InChI is InChI=1S/C14H14N4O3/c1-2-7-4-18(14-10(7)13(15)16-6-17-14)9-3-8(5-19)11(20)12(9)21/h1,3-4,6,9,11-12,19-21H,5H2,(H2,15,16,17)/t9-,11?,12-/m1/s1. The molecule has 2 aromatic rings. The Labute approximate surface area is 120 Å². The number of nitrogens with zero attached hydrogens (tertiary/aromatic N) is 3. The Morgan fingerprint density at radius 2 is 2.14 bits per heavy atom. The van der Waals surface area contributed by atoms with Crippen LogP contribution < -0.4 is 5.73 Å². The van der Waals surface area contributed by atoms with Crippen LogP contribution in [0.25, 0.3) is 11.0 Å². The molecule has 7 heteroatoms. The van der Waals surface area contributed by atoms with E-state index in [-0.39, 0.29) is 12.4 Å². The summed E-state index contributed by atoms with van der Waals surface area (Å²) in [7, 11) is 0. The molecular formula is C14H14N4O3. The van der Waals surface area contributed by atoms with E-state index in [9.17, 15) is 15.3 Å². The van der Waals surface area contributed by atoms with Gasteiger partial charge < -0.3 is 25.6 Å². The molecule has 3 rings (SSSR count). The van der Waals surface area contributed by atoms with Gasteiger partial charge in [-0.25, -0.2) is 9.97 Å². The SMILES string of the molecule is C#Cc1cn([C@@H]2C=C(CO)C(O)[C@@H]2O)c2ncnc(N)c12. The maximum atomic E-state index is 10.2. The summed E-state index contributed by atoms with van der Waals surface area (Å²) in [5.41, 5.74) is 7.18. The molecule has 0 amide bonds. The summed E-state index contributed by atoms with van der Waals surface area (Å²) in [5, 5.41) is 29.8. The molecule has 7 nitrogen and oxygen atoms in total. The summed E-state index contributed by atoms with van der Waals surface area (Å²) < 4.78 is 1.64. The van der Waals surface area contributed by atoms with E-state index in [0.717, 1.165) is 0 Å². The molecule has 0 aromatic carbocycles. The molecule has 0 bridgehead atoms. The van der Waals surface area contributed by atoms with E-state index in [0.29, 0.717) is 22.2 Å². The normalized spacial score (nSPS) is 25.0. The van der Waals surface area contributed by atoms with E-state index in [1.54, 1.807) is 16.8 Å². The van der Waals surface area contributed by atoms with E-state index in [4.69, 9.17) is 12.2 Å². The first-order valence-corrected chi connectivity index (χ1v) is 6.33. The largest absolute Gasteiger partial charge is 0.392 e. The molecule has 2 aromatic heterocycles. The number of rotatable bonds is 2. The topological polar surface area (TPSA) is 117 Å². The van der Waals surface area contributed by atoms with Crippen LogP contribution >= 0.6 is 0 Å². The van der Waals surface area contributed by atoms with Gasteiger partial charge in [-0.15, -0.1) is 6.42 Å². The van der Waals surface area contributed by atoms with Gasteiger partial charge in [0.1, 0.15) is 30.0 Å². The first-order chi connectivity index (χ1) is 10.1. The quantitative estimate of drug-likeness (QED) is 0.424. The second kappa shape index (κ2) is 4.86. The molecule has 0 fully saturated rings. The molecule has 0 aliphatic heterocycles. The number of hydrogen-bond donors (Lipinski definition) is 4. The zero-order valence-corrected chi connectivity index (χ0v) is 11.0. The third-order valence-electron chi connectivity index (χ3n) is 3.74. The summed E-state index contributed by atoms with van der Waals surface area (Å²) in [6, 6.07) is -0.582. The van der Waals surface area contributed by atoms with Gasteiger partial charge in [-0.05, 0) is 5.57 Å². The fourth-order valence-electron chi connectivity index (χ4n) is 2.66. The summed E-state index contributed by atoms with van der Waals surface area (Å²) in [6.45, 7) is -0.326. The van der Waals surface area contributed by atoms with Crippen molar-refractivity contribution in [3.05, 3.63) is 29.7 Å². The van der Waals surface area contributed by atoms with Gasteiger partial charge in [0, 0.05) is 6.20 Å². The number of hydrogen-bond acceptors (Lipinski definition) is 6. The van der Waals surface area contributed by atoms with Crippen molar-refractivity contribution in [3.63, 3.8) is 0 Å². The Hall–Kier alpha value is -2.40. The summed E-state index contributed by atoms with van der Waals surface area (Å²) in [6.07, 6.45) is 7.80. The molecular weight excluding hydrogens is 272 g/mol. The van der Waals surface area contributed by atoms with E-state index >= 15 is 0 Å². The van der Waals surface area contributed by atoms with Crippen LogP contribution in [0, 0.1) is 12.3 Å². The second-order valence-electron chi connectivity index (χ2n) is 4.88. The predicted molar refractivity (Wildman–Crippen MR) is 76.1 cm³/mol. The van der Waals surface area contributed by atoms with Crippen LogP contribution in [0.15, 0.2) is 24.2 Å². The molecule has 2 heterocycles. The molecule has 0 spiro atoms. The Bertz CT molecular complexity index is 774.